The average Bonchev–Trinajstić information content (AvgIpc) is 2.98. The van der Waals surface area contributed by atoms with E-state index in [4.69, 9.17) is 4.42 Å². The number of rotatable bonds is 7. The first kappa shape index (κ1) is 15.7. The quantitative estimate of drug-likeness (QED) is 0.841. The summed E-state index contributed by atoms with van der Waals surface area (Å²) in [5.41, 5.74) is 1.75. The molecule has 0 spiro atoms. The smallest absolute Gasteiger partial charge is 0.260 e. The number of sulfonamides is 1. The van der Waals surface area contributed by atoms with E-state index in [0.29, 0.717) is 6.54 Å². The Bertz CT molecular complexity index is 651. The van der Waals surface area contributed by atoms with Crippen LogP contribution in [0.1, 0.15) is 18.1 Å². The van der Waals surface area contributed by atoms with E-state index in [9.17, 15) is 8.42 Å². The van der Waals surface area contributed by atoms with E-state index in [1.165, 1.54) is 29.9 Å². The SMILES string of the molecule is CCNCc1ccc(S(=O)(=O)N(C)Cc2ccoc2)nc1. The molecule has 114 valence electrons. The van der Waals surface area contributed by atoms with Crippen molar-refractivity contribution in [1.82, 2.24) is 14.6 Å². The summed E-state index contributed by atoms with van der Waals surface area (Å²) in [7, 11) is -2.07. The zero-order valence-corrected chi connectivity index (χ0v) is 12.9. The van der Waals surface area contributed by atoms with Gasteiger partial charge in [-0.05, 0) is 24.2 Å². The number of nitrogens with zero attached hydrogens (tertiary/aromatic N) is 2. The van der Waals surface area contributed by atoms with Gasteiger partial charge in [-0.3, -0.25) is 0 Å². The molecule has 0 radical (unpaired) electrons. The molecule has 0 aliphatic carbocycles. The summed E-state index contributed by atoms with van der Waals surface area (Å²) in [5, 5.41) is 3.21. The first-order valence-electron chi connectivity index (χ1n) is 6.67. The highest BCUT2D eigenvalue weighted by Gasteiger charge is 2.22. The number of hydrogen-bond donors (Lipinski definition) is 1. The molecule has 7 heteroatoms. The maximum Gasteiger partial charge on any atom is 0.260 e. The standard InChI is InChI=1S/C14H19N3O3S/c1-3-15-8-12-4-5-14(16-9-12)21(18,19)17(2)10-13-6-7-20-11-13/h4-7,9,11,15H,3,8,10H2,1-2H3. The third-order valence-electron chi connectivity index (χ3n) is 3.04. The Kier molecular flexibility index (Phi) is 5.11. The van der Waals surface area contributed by atoms with E-state index < -0.39 is 10.0 Å². The average molecular weight is 309 g/mol. The van der Waals surface area contributed by atoms with E-state index >= 15 is 0 Å². The summed E-state index contributed by atoms with van der Waals surface area (Å²) < 4.78 is 31.0. The van der Waals surface area contributed by atoms with Crippen molar-refractivity contribution in [3.8, 4) is 0 Å². The summed E-state index contributed by atoms with van der Waals surface area (Å²) in [6.45, 7) is 3.79. The summed E-state index contributed by atoms with van der Waals surface area (Å²) in [6, 6.07) is 5.04. The molecule has 2 aromatic heterocycles. The van der Waals surface area contributed by atoms with Crippen molar-refractivity contribution >= 4 is 10.0 Å². The Morgan fingerprint density at radius 1 is 1.29 bits per heavy atom. The molecular formula is C14H19N3O3S. The summed E-state index contributed by atoms with van der Waals surface area (Å²) in [5.74, 6) is 0. The molecule has 2 rings (SSSR count). The molecule has 0 aromatic carbocycles. The molecule has 6 nitrogen and oxygen atoms in total. The molecule has 0 amide bonds. The number of pyridine rings is 1. The minimum atomic E-state index is -3.59. The first-order chi connectivity index (χ1) is 10.0. The van der Waals surface area contributed by atoms with Gasteiger partial charge in [0.05, 0.1) is 12.5 Å². The van der Waals surface area contributed by atoms with Gasteiger partial charge in [-0.15, -0.1) is 0 Å². The van der Waals surface area contributed by atoms with E-state index in [-0.39, 0.29) is 11.6 Å². The van der Waals surface area contributed by atoms with Gasteiger partial charge in [0.2, 0.25) is 0 Å². The fraction of sp³-hybridized carbons (Fsp3) is 0.357. The normalized spacial score (nSPS) is 12.0. The summed E-state index contributed by atoms with van der Waals surface area (Å²) in [4.78, 5) is 4.06. The number of aromatic nitrogens is 1. The molecule has 0 aliphatic heterocycles. The molecule has 0 fully saturated rings. The van der Waals surface area contributed by atoms with Gasteiger partial charge in [-0.1, -0.05) is 13.0 Å². The van der Waals surface area contributed by atoms with Crippen molar-refractivity contribution in [2.24, 2.45) is 0 Å². The van der Waals surface area contributed by atoms with Crippen molar-refractivity contribution in [3.05, 3.63) is 48.0 Å². The lowest BCUT2D eigenvalue weighted by Gasteiger charge is -2.15. The highest BCUT2D eigenvalue weighted by atomic mass is 32.2. The lowest BCUT2D eigenvalue weighted by Crippen LogP contribution is -2.27. The van der Waals surface area contributed by atoms with Crippen molar-refractivity contribution in [2.45, 2.75) is 25.0 Å². The predicted molar refractivity (Wildman–Crippen MR) is 79.0 cm³/mol. The fourth-order valence-corrected chi connectivity index (χ4v) is 2.89. The highest BCUT2D eigenvalue weighted by molar-refractivity contribution is 7.89. The van der Waals surface area contributed by atoms with Crippen LogP contribution in [0.15, 0.2) is 46.4 Å². The van der Waals surface area contributed by atoms with Crippen LogP contribution in [0.3, 0.4) is 0 Å². The Labute approximate surface area is 124 Å². The van der Waals surface area contributed by atoms with Gasteiger partial charge in [0.25, 0.3) is 10.0 Å². The van der Waals surface area contributed by atoms with Crippen molar-refractivity contribution in [1.29, 1.82) is 0 Å². The Hall–Kier alpha value is -1.70. The molecule has 1 N–H and O–H groups in total. The maximum absolute atomic E-state index is 12.4. The minimum Gasteiger partial charge on any atom is -0.472 e. The van der Waals surface area contributed by atoms with Crippen LogP contribution >= 0.6 is 0 Å². The monoisotopic (exact) mass is 309 g/mol. The molecule has 0 aliphatic rings. The van der Waals surface area contributed by atoms with Gasteiger partial charge in [0, 0.05) is 31.9 Å². The van der Waals surface area contributed by atoms with Gasteiger partial charge in [0.15, 0.2) is 5.03 Å². The van der Waals surface area contributed by atoms with Gasteiger partial charge >= 0.3 is 0 Å². The lowest BCUT2D eigenvalue weighted by atomic mass is 10.3. The molecular weight excluding hydrogens is 290 g/mol. The highest BCUT2D eigenvalue weighted by Crippen LogP contribution is 2.15. The molecule has 2 aromatic rings. The predicted octanol–water partition coefficient (Wildman–Crippen LogP) is 1.60. The lowest BCUT2D eigenvalue weighted by molar-refractivity contribution is 0.460. The molecule has 0 unspecified atom stereocenters. The first-order valence-corrected chi connectivity index (χ1v) is 8.11. The zero-order valence-electron chi connectivity index (χ0n) is 12.1. The van der Waals surface area contributed by atoms with E-state index in [1.807, 2.05) is 6.92 Å². The molecule has 0 saturated carbocycles. The minimum absolute atomic E-state index is 0.0498. The second-order valence-electron chi connectivity index (χ2n) is 4.68. The molecule has 0 bridgehead atoms. The van der Waals surface area contributed by atoms with Crippen LogP contribution in [0, 0.1) is 0 Å². The van der Waals surface area contributed by atoms with E-state index in [0.717, 1.165) is 17.7 Å². The third-order valence-corrected chi connectivity index (χ3v) is 4.76. The summed E-state index contributed by atoms with van der Waals surface area (Å²) >= 11 is 0. The molecule has 2 heterocycles. The maximum atomic E-state index is 12.4. The van der Waals surface area contributed by atoms with E-state index in [2.05, 4.69) is 10.3 Å². The van der Waals surface area contributed by atoms with Crippen molar-refractivity contribution < 1.29 is 12.8 Å². The topological polar surface area (TPSA) is 75.4 Å². The molecule has 0 saturated heterocycles. The van der Waals surface area contributed by atoms with Crippen LogP contribution in [0.2, 0.25) is 0 Å². The molecule has 0 atom stereocenters. The van der Waals surface area contributed by atoms with E-state index in [1.54, 1.807) is 18.3 Å². The third kappa shape index (κ3) is 3.90. The van der Waals surface area contributed by atoms with Gasteiger partial charge < -0.3 is 9.73 Å². The number of nitrogens with one attached hydrogen (secondary N) is 1. The number of hydrogen-bond acceptors (Lipinski definition) is 5. The van der Waals surface area contributed by atoms with Crippen LogP contribution in [-0.4, -0.2) is 31.3 Å². The second kappa shape index (κ2) is 6.84. The fourth-order valence-electron chi connectivity index (χ4n) is 1.82. The van der Waals surface area contributed by atoms with Crippen LogP contribution in [-0.2, 0) is 23.1 Å². The summed E-state index contributed by atoms with van der Waals surface area (Å²) in [6.07, 6.45) is 4.63. The Morgan fingerprint density at radius 3 is 2.67 bits per heavy atom. The number of furan rings is 1. The molecule has 21 heavy (non-hydrogen) atoms. The second-order valence-corrected chi connectivity index (χ2v) is 6.67. The van der Waals surface area contributed by atoms with Crippen molar-refractivity contribution in [3.63, 3.8) is 0 Å². The van der Waals surface area contributed by atoms with Gasteiger partial charge in [0.1, 0.15) is 0 Å². The van der Waals surface area contributed by atoms with Gasteiger partial charge in [-0.25, -0.2) is 13.4 Å². The van der Waals surface area contributed by atoms with Crippen molar-refractivity contribution in [2.75, 3.05) is 13.6 Å². The Morgan fingerprint density at radius 2 is 2.10 bits per heavy atom. The Balaban J connectivity index is 2.11. The van der Waals surface area contributed by atoms with Crippen LogP contribution in [0.4, 0.5) is 0 Å². The van der Waals surface area contributed by atoms with Crippen LogP contribution in [0.25, 0.3) is 0 Å². The largest absolute Gasteiger partial charge is 0.472 e. The van der Waals surface area contributed by atoms with Crippen LogP contribution in [0.5, 0.6) is 0 Å². The van der Waals surface area contributed by atoms with Crippen LogP contribution < -0.4 is 5.32 Å². The zero-order chi connectivity index (χ0) is 15.3. The van der Waals surface area contributed by atoms with Gasteiger partial charge in [-0.2, -0.15) is 4.31 Å².